The first-order valence-corrected chi connectivity index (χ1v) is 7.53. The van der Waals surface area contributed by atoms with Crippen molar-refractivity contribution in [2.75, 3.05) is 11.9 Å². The lowest BCUT2D eigenvalue weighted by Crippen LogP contribution is -2.11. The van der Waals surface area contributed by atoms with Gasteiger partial charge in [-0.15, -0.1) is 11.3 Å². The second kappa shape index (κ2) is 5.73. The summed E-state index contributed by atoms with van der Waals surface area (Å²) in [6.07, 6.45) is 3.38. The fourth-order valence-corrected chi connectivity index (χ4v) is 2.85. The lowest BCUT2D eigenvalue weighted by Gasteiger charge is -2.12. The van der Waals surface area contributed by atoms with Crippen LogP contribution in [0.15, 0.2) is 36.1 Å². The molecular formula is C14H13ClN4S. The third kappa shape index (κ3) is 2.73. The summed E-state index contributed by atoms with van der Waals surface area (Å²) in [6, 6.07) is 5.63. The van der Waals surface area contributed by atoms with Crippen LogP contribution in [0.2, 0.25) is 5.02 Å². The number of thiazole rings is 1. The molecule has 0 saturated heterocycles. The number of aromatic nitrogens is 3. The first-order valence-electron chi connectivity index (χ1n) is 6.27. The molecule has 2 heterocycles. The van der Waals surface area contributed by atoms with Crippen LogP contribution in [0.3, 0.4) is 0 Å². The smallest absolute Gasteiger partial charge is 0.137 e. The number of nitrogens with one attached hydrogen (secondary N) is 1. The molecule has 0 bridgehead atoms. The molecule has 1 aromatic carbocycles. The fourth-order valence-electron chi connectivity index (χ4n) is 1.99. The fraction of sp³-hybridized carbons (Fsp3) is 0.214. The Kier molecular flexibility index (Phi) is 3.80. The molecule has 20 heavy (non-hydrogen) atoms. The van der Waals surface area contributed by atoms with E-state index in [1.165, 1.54) is 0 Å². The molecule has 1 atom stereocenters. The van der Waals surface area contributed by atoms with Crippen molar-refractivity contribution >= 4 is 39.7 Å². The monoisotopic (exact) mass is 304 g/mol. The van der Waals surface area contributed by atoms with E-state index < -0.39 is 0 Å². The maximum Gasteiger partial charge on any atom is 0.137 e. The van der Waals surface area contributed by atoms with E-state index in [1.54, 1.807) is 17.7 Å². The van der Waals surface area contributed by atoms with Crippen LogP contribution in [0.25, 0.3) is 10.9 Å². The van der Waals surface area contributed by atoms with Gasteiger partial charge in [0.1, 0.15) is 12.1 Å². The van der Waals surface area contributed by atoms with Crippen LogP contribution in [0.4, 0.5) is 5.82 Å². The van der Waals surface area contributed by atoms with Gasteiger partial charge >= 0.3 is 0 Å². The summed E-state index contributed by atoms with van der Waals surface area (Å²) in [4.78, 5) is 12.9. The van der Waals surface area contributed by atoms with Crippen molar-refractivity contribution in [2.45, 2.75) is 12.8 Å². The third-order valence-electron chi connectivity index (χ3n) is 3.05. The van der Waals surface area contributed by atoms with Gasteiger partial charge in [0, 0.05) is 34.4 Å². The zero-order valence-electron chi connectivity index (χ0n) is 10.9. The van der Waals surface area contributed by atoms with Crippen molar-refractivity contribution < 1.29 is 0 Å². The van der Waals surface area contributed by atoms with Gasteiger partial charge in [0.2, 0.25) is 0 Å². The number of nitrogens with zero attached hydrogens (tertiary/aromatic N) is 3. The predicted octanol–water partition coefficient (Wildman–Crippen LogP) is 3.96. The highest BCUT2D eigenvalue weighted by Crippen LogP contribution is 2.24. The van der Waals surface area contributed by atoms with Crippen molar-refractivity contribution in [2.24, 2.45) is 0 Å². The molecule has 1 N–H and O–H groups in total. The zero-order valence-corrected chi connectivity index (χ0v) is 12.4. The minimum Gasteiger partial charge on any atom is -0.369 e. The highest BCUT2D eigenvalue weighted by atomic mass is 35.5. The Hall–Kier alpha value is -1.72. The van der Waals surface area contributed by atoms with Crippen LogP contribution in [0, 0.1) is 0 Å². The maximum atomic E-state index is 5.98. The van der Waals surface area contributed by atoms with Crippen molar-refractivity contribution in [3.8, 4) is 0 Å². The van der Waals surface area contributed by atoms with Crippen LogP contribution >= 0.6 is 22.9 Å². The van der Waals surface area contributed by atoms with Gasteiger partial charge in [-0.3, -0.25) is 0 Å². The largest absolute Gasteiger partial charge is 0.369 e. The highest BCUT2D eigenvalue weighted by Gasteiger charge is 2.10. The van der Waals surface area contributed by atoms with Crippen LogP contribution in [-0.2, 0) is 0 Å². The molecule has 0 spiro atoms. The number of benzene rings is 1. The molecule has 0 radical (unpaired) electrons. The number of halogens is 1. The second-order valence-electron chi connectivity index (χ2n) is 4.54. The summed E-state index contributed by atoms with van der Waals surface area (Å²) in [7, 11) is 0. The minimum absolute atomic E-state index is 0.340. The Balaban J connectivity index is 1.81. The third-order valence-corrected chi connectivity index (χ3v) is 4.29. The van der Waals surface area contributed by atoms with E-state index in [0.29, 0.717) is 10.9 Å². The average Bonchev–Trinajstić information content (AvgIpc) is 2.98. The summed E-state index contributed by atoms with van der Waals surface area (Å²) in [5.74, 6) is 1.17. The Labute approximate surface area is 125 Å². The topological polar surface area (TPSA) is 50.7 Å². The normalized spacial score (nSPS) is 12.5. The standard InChI is InChI=1S/C14H13ClN4S/c1-9(14-16-4-5-20-14)7-17-13-11-3-2-10(15)6-12(11)18-8-19-13/h2-6,8-9H,7H2,1H3,(H,17,18,19). The minimum atomic E-state index is 0.340. The number of anilines is 1. The van der Waals surface area contributed by atoms with Crippen molar-refractivity contribution in [3.05, 3.63) is 46.1 Å². The first kappa shape index (κ1) is 13.3. The lowest BCUT2D eigenvalue weighted by atomic mass is 10.2. The molecule has 0 aliphatic rings. The average molecular weight is 305 g/mol. The molecule has 6 heteroatoms. The molecule has 2 aromatic heterocycles. The summed E-state index contributed by atoms with van der Waals surface area (Å²) < 4.78 is 0. The van der Waals surface area contributed by atoms with E-state index in [4.69, 9.17) is 11.6 Å². The van der Waals surface area contributed by atoms with Crippen molar-refractivity contribution in [1.29, 1.82) is 0 Å². The molecule has 0 amide bonds. The number of rotatable bonds is 4. The van der Waals surface area contributed by atoms with E-state index in [0.717, 1.165) is 28.3 Å². The van der Waals surface area contributed by atoms with E-state index in [9.17, 15) is 0 Å². The van der Waals surface area contributed by atoms with Gasteiger partial charge in [0.25, 0.3) is 0 Å². The van der Waals surface area contributed by atoms with Gasteiger partial charge in [-0.05, 0) is 18.2 Å². The summed E-state index contributed by atoms with van der Waals surface area (Å²) in [5.41, 5.74) is 0.844. The first-order chi connectivity index (χ1) is 9.74. The summed E-state index contributed by atoms with van der Waals surface area (Å²) >= 11 is 7.65. The van der Waals surface area contributed by atoms with Gasteiger partial charge in [-0.25, -0.2) is 15.0 Å². The summed E-state index contributed by atoms with van der Waals surface area (Å²) in [6.45, 7) is 2.92. The lowest BCUT2D eigenvalue weighted by molar-refractivity contribution is 0.792. The SMILES string of the molecule is CC(CNc1ncnc2cc(Cl)ccc12)c1nccs1. The van der Waals surface area contributed by atoms with Crippen molar-refractivity contribution in [3.63, 3.8) is 0 Å². The Morgan fingerprint density at radius 2 is 2.20 bits per heavy atom. The van der Waals surface area contributed by atoms with Crippen LogP contribution in [-0.4, -0.2) is 21.5 Å². The molecular weight excluding hydrogens is 292 g/mol. The number of fused-ring (bicyclic) bond motifs is 1. The quantitative estimate of drug-likeness (QED) is 0.793. The number of hydrogen-bond acceptors (Lipinski definition) is 5. The van der Waals surface area contributed by atoms with E-state index in [1.807, 2.05) is 29.8 Å². The van der Waals surface area contributed by atoms with Crippen LogP contribution < -0.4 is 5.32 Å². The predicted molar refractivity (Wildman–Crippen MR) is 83.6 cm³/mol. The van der Waals surface area contributed by atoms with Gasteiger partial charge < -0.3 is 5.32 Å². The van der Waals surface area contributed by atoms with Gasteiger partial charge in [-0.2, -0.15) is 0 Å². The molecule has 0 aliphatic carbocycles. The summed E-state index contributed by atoms with van der Waals surface area (Å²) in [5, 5.41) is 8.14. The van der Waals surface area contributed by atoms with E-state index in [-0.39, 0.29) is 0 Å². The number of hydrogen-bond donors (Lipinski definition) is 1. The van der Waals surface area contributed by atoms with Gasteiger partial charge in [0.05, 0.1) is 10.5 Å². The molecule has 0 saturated carbocycles. The second-order valence-corrected chi connectivity index (χ2v) is 5.90. The highest BCUT2D eigenvalue weighted by molar-refractivity contribution is 7.09. The Bertz CT molecular complexity index is 714. The van der Waals surface area contributed by atoms with Crippen LogP contribution in [0.1, 0.15) is 17.8 Å². The van der Waals surface area contributed by atoms with Crippen LogP contribution in [0.5, 0.6) is 0 Å². The van der Waals surface area contributed by atoms with Gasteiger partial charge in [0.15, 0.2) is 0 Å². The molecule has 3 rings (SSSR count). The van der Waals surface area contributed by atoms with Crippen molar-refractivity contribution in [1.82, 2.24) is 15.0 Å². The Morgan fingerprint density at radius 1 is 1.30 bits per heavy atom. The van der Waals surface area contributed by atoms with Gasteiger partial charge in [-0.1, -0.05) is 18.5 Å². The molecule has 4 nitrogen and oxygen atoms in total. The molecule has 3 aromatic rings. The molecule has 0 fully saturated rings. The maximum absolute atomic E-state index is 5.98. The molecule has 1 unspecified atom stereocenters. The molecule has 0 aliphatic heterocycles. The van der Waals surface area contributed by atoms with E-state index >= 15 is 0 Å². The van der Waals surface area contributed by atoms with E-state index in [2.05, 4.69) is 27.2 Å². The zero-order chi connectivity index (χ0) is 13.9. The Morgan fingerprint density at radius 3 is 3.00 bits per heavy atom. The molecule has 102 valence electrons.